The first-order chi connectivity index (χ1) is 3.65. The molecule has 0 atom stereocenters. The van der Waals surface area contributed by atoms with Crippen molar-refractivity contribution >= 4 is 29.1 Å². The standard InChI is InChI=1S/C2H6O2.3ClH.Rh/c3-1-2-4;;;;/h3-4H,1-2H2;3*1H;/q;;;;+3/p-3. The normalized spacial score (nSPS) is 9.38. The molecule has 0 radical (unpaired) electrons. The fraction of sp³-hybridized carbons (Fsp3) is 1.00. The average molecular weight is 271 g/mol. The monoisotopic (exact) mass is 270 g/mol. The van der Waals surface area contributed by atoms with Crippen molar-refractivity contribution in [2.24, 2.45) is 0 Å². The summed E-state index contributed by atoms with van der Waals surface area (Å²) in [5.74, 6) is 0. The molecule has 2 N–H and O–H groups in total. The topological polar surface area (TPSA) is 40.5 Å². The van der Waals surface area contributed by atoms with Crippen LogP contribution >= 0.6 is 29.1 Å². The molecule has 0 aromatic heterocycles. The predicted molar refractivity (Wildman–Crippen MR) is 31.7 cm³/mol. The van der Waals surface area contributed by atoms with Crippen LogP contribution in [-0.2, 0) is 13.0 Å². The Balaban J connectivity index is 0. The molecular weight excluding hydrogens is 265 g/mol. The number of halogens is 3. The van der Waals surface area contributed by atoms with E-state index in [0.717, 1.165) is 0 Å². The second kappa shape index (κ2) is 11.2. The zero-order valence-electron chi connectivity index (χ0n) is 3.78. The second-order valence-corrected chi connectivity index (χ2v) is 8.05. The fourth-order valence-electron chi connectivity index (χ4n) is 0. The van der Waals surface area contributed by atoms with Crippen molar-refractivity contribution in [3.8, 4) is 0 Å². The molecule has 0 aliphatic carbocycles. The van der Waals surface area contributed by atoms with Crippen LogP contribution in [-0.4, -0.2) is 23.4 Å². The van der Waals surface area contributed by atoms with Crippen molar-refractivity contribution in [2.45, 2.75) is 0 Å². The maximum atomic E-state index is 7.62. The third-order valence-electron chi connectivity index (χ3n) is 0.1000. The first-order valence-electron chi connectivity index (χ1n) is 1.51. The quantitative estimate of drug-likeness (QED) is 0.700. The summed E-state index contributed by atoms with van der Waals surface area (Å²) in [6.45, 7) is -0.250. The van der Waals surface area contributed by atoms with E-state index in [4.69, 9.17) is 39.3 Å². The third kappa shape index (κ3) is 52.4. The molecule has 0 rings (SSSR count). The molecule has 0 bridgehead atoms. The van der Waals surface area contributed by atoms with Gasteiger partial charge in [0.1, 0.15) is 0 Å². The van der Waals surface area contributed by atoms with Crippen LogP contribution in [0.4, 0.5) is 0 Å². The molecule has 0 heterocycles. The van der Waals surface area contributed by atoms with E-state index in [2.05, 4.69) is 0 Å². The second-order valence-electron chi connectivity index (χ2n) is 0.590. The summed E-state index contributed by atoms with van der Waals surface area (Å²) in [5, 5.41) is 15.2. The Bertz CT molecular complexity index is 31.7. The number of aliphatic hydroxyl groups is 2. The predicted octanol–water partition coefficient (Wildman–Crippen LogP) is 1.04. The van der Waals surface area contributed by atoms with Crippen LogP contribution < -0.4 is 0 Å². The Hall–Kier alpha value is 1.41. The Labute approximate surface area is 65.4 Å². The van der Waals surface area contributed by atoms with Gasteiger partial charge in [0.25, 0.3) is 0 Å². The molecular formula is C2H6Cl3O2Rh. The van der Waals surface area contributed by atoms with Crippen molar-refractivity contribution in [3.05, 3.63) is 0 Å². The van der Waals surface area contributed by atoms with Crippen molar-refractivity contribution in [2.75, 3.05) is 13.2 Å². The number of rotatable bonds is 1. The van der Waals surface area contributed by atoms with Gasteiger partial charge in [-0.1, -0.05) is 0 Å². The van der Waals surface area contributed by atoms with Crippen LogP contribution in [0, 0.1) is 0 Å². The van der Waals surface area contributed by atoms with Crippen LogP contribution in [0.5, 0.6) is 0 Å². The van der Waals surface area contributed by atoms with Crippen molar-refractivity contribution in [3.63, 3.8) is 0 Å². The summed E-state index contributed by atoms with van der Waals surface area (Å²) in [5.41, 5.74) is 0. The van der Waals surface area contributed by atoms with Gasteiger partial charge in [-0.2, -0.15) is 0 Å². The summed E-state index contributed by atoms with van der Waals surface area (Å²) in [6.07, 6.45) is 0. The van der Waals surface area contributed by atoms with E-state index >= 15 is 0 Å². The van der Waals surface area contributed by atoms with Crippen molar-refractivity contribution < 1.29 is 23.2 Å². The summed E-state index contributed by atoms with van der Waals surface area (Å²) in [6, 6.07) is 0. The van der Waals surface area contributed by atoms with Crippen LogP contribution in [0.1, 0.15) is 0 Å². The van der Waals surface area contributed by atoms with E-state index in [1.54, 1.807) is 0 Å². The molecule has 2 nitrogen and oxygen atoms in total. The van der Waals surface area contributed by atoms with Crippen molar-refractivity contribution in [1.29, 1.82) is 0 Å². The van der Waals surface area contributed by atoms with E-state index < -0.39 is 13.0 Å². The van der Waals surface area contributed by atoms with Gasteiger partial charge in [-0.25, -0.2) is 0 Å². The summed E-state index contributed by atoms with van der Waals surface area (Å²) >= 11 is -1.66. The van der Waals surface area contributed by atoms with Gasteiger partial charge in [-0.05, 0) is 0 Å². The van der Waals surface area contributed by atoms with Crippen LogP contribution in [0.25, 0.3) is 0 Å². The summed E-state index contributed by atoms with van der Waals surface area (Å²) in [7, 11) is 14.8. The fourth-order valence-corrected chi connectivity index (χ4v) is 0. The third-order valence-corrected chi connectivity index (χ3v) is 0.1000. The van der Waals surface area contributed by atoms with Gasteiger partial charge in [0.2, 0.25) is 0 Å². The molecule has 6 heteroatoms. The summed E-state index contributed by atoms with van der Waals surface area (Å²) < 4.78 is 0. The van der Waals surface area contributed by atoms with E-state index in [0.29, 0.717) is 0 Å². The van der Waals surface area contributed by atoms with Crippen molar-refractivity contribution in [1.82, 2.24) is 0 Å². The Morgan fingerprint density at radius 1 is 1.00 bits per heavy atom. The zero-order valence-corrected chi connectivity index (χ0v) is 7.68. The molecule has 0 aliphatic rings. The van der Waals surface area contributed by atoms with E-state index in [1.807, 2.05) is 0 Å². The number of aliphatic hydroxyl groups excluding tert-OH is 2. The van der Waals surface area contributed by atoms with Gasteiger partial charge in [0, 0.05) is 0 Å². The van der Waals surface area contributed by atoms with Gasteiger partial charge >= 0.3 is 42.1 Å². The van der Waals surface area contributed by atoms with Crippen LogP contribution in [0.3, 0.4) is 0 Å². The minimum absolute atomic E-state index is 0.125. The van der Waals surface area contributed by atoms with Gasteiger partial charge in [0.05, 0.1) is 13.2 Å². The maximum absolute atomic E-state index is 7.62. The molecule has 0 aromatic carbocycles. The molecule has 0 saturated carbocycles. The Kier molecular flexibility index (Phi) is 17.0. The molecule has 0 unspecified atom stereocenters. The van der Waals surface area contributed by atoms with E-state index in [9.17, 15) is 0 Å². The Morgan fingerprint density at radius 2 is 1.12 bits per heavy atom. The van der Waals surface area contributed by atoms with Crippen LogP contribution in [0.2, 0.25) is 0 Å². The van der Waals surface area contributed by atoms with E-state index in [-0.39, 0.29) is 13.2 Å². The van der Waals surface area contributed by atoms with Gasteiger partial charge in [0.15, 0.2) is 0 Å². The molecule has 0 amide bonds. The molecule has 8 heavy (non-hydrogen) atoms. The van der Waals surface area contributed by atoms with Gasteiger partial charge in [-0.15, -0.1) is 0 Å². The molecule has 0 aliphatic heterocycles. The first-order valence-corrected chi connectivity index (χ1v) is 7.84. The zero-order chi connectivity index (χ0) is 6.99. The summed E-state index contributed by atoms with van der Waals surface area (Å²) in [4.78, 5) is 0. The molecule has 0 fully saturated rings. The number of hydrogen-bond donors (Lipinski definition) is 2. The van der Waals surface area contributed by atoms with Gasteiger partial charge < -0.3 is 10.2 Å². The Morgan fingerprint density at radius 3 is 1.12 bits per heavy atom. The van der Waals surface area contributed by atoms with E-state index in [1.165, 1.54) is 0 Å². The average Bonchev–Trinajstić information content (AvgIpc) is 1.65. The number of hydrogen-bond acceptors (Lipinski definition) is 2. The molecule has 56 valence electrons. The molecule has 0 spiro atoms. The SMILES string of the molecule is OCCO.[Cl][Rh]([Cl])[Cl]. The molecule has 0 saturated heterocycles. The minimum atomic E-state index is -1.66. The van der Waals surface area contributed by atoms with Gasteiger partial charge in [-0.3, -0.25) is 0 Å². The van der Waals surface area contributed by atoms with Crippen LogP contribution in [0.15, 0.2) is 0 Å². The molecule has 0 aromatic rings. The first kappa shape index (κ1) is 12.1.